The molecule has 1 saturated carbocycles. The normalized spacial score (nSPS) is 24.3. The first-order valence-corrected chi connectivity index (χ1v) is 12.4. The first kappa shape index (κ1) is 25.1. The molecule has 0 bridgehead atoms. The Balaban J connectivity index is 0.00000289. The summed E-state index contributed by atoms with van der Waals surface area (Å²) in [5.41, 5.74) is 1.31. The van der Waals surface area contributed by atoms with Crippen LogP contribution in [0.25, 0.3) is 0 Å². The van der Waals surface area contributed by atoms with E-state index in [-0.39, 0.29) is 29.9 Å². The number of nitrogens with one attached hydrogen (secondary N) is 2. The Morgan fingerprint density at radius 2 is 1.81 bits per heavy atom. The van der Waals surface area contributed by atoms with E-state index in [0.29, 0.717) is 17.9 Å². The smallest absolute Gasteiger partial charge is 0.225 e. The molecule has 1 amide bonds. The molecule has 3 fully saturated rings. The predicted octanol–water partition coefficient (Wildman–Crippen LogP) is 3.87. The van der Waals surface area contributed by atoms with Gasteiger partial charge in [0.15, 0.2) is 5.96 Å². The maximum atomic E-state index is 12.9. The molecule has 0 aromatic heterocycles. The molecule has 2 N–H and O–H groups in total. The summed E-state index contributed by atoms with van der Waals surface area (Å²) in [5.74, 6) is 2.14. The van der Waals surface area contributed by atoms with Crippen molar-refractivity contribution in [1.82, 2.24) is 15.5 Å². The van der Waals surface area contributed by atoms with Gasteiger partial charge in [0.25, 0.3) is 0 Å². The van der Waals surface area contributed by atoms with Gasteiger partial charge in [-0.25, -0.2) is 0 Å². The molecule has 178 valence electrons. The van der Waals surface area contributed by atoms with Crippen molar-refractivity contribution in [2.24, 2.45) is 16.8 Å². The van der Waals surface area contributed by atoms with E-state index >= 15 is 0 Å². The van der Waals surface area contributed by atoms with E-state index in [1.54, 1.807) is 0 Å². The van der Waals surface area contributed by atoms with E-state index in [4.69, 9.17) is 4.99 Å². The van der Waals surface area contributed by atoms with Crippen LogP contribution in [-0.4, -0.2) is 62.1 Å². The van der Waals surface area contributed by atoms with E-state index in [1.807, 2.05) is 0 Å². The number of likely N-dealkylation sites (tertiary alicyclic amines) is 1. The molecule has 2 aliphatic heterocycles. The van der Waals surface area contributed by atoms with Gasteiger partial charge in [-0.15, -0.1) is 24.0 Å². The number of hydrogen-bond acceptors (Lipinski definition) is 3. The van der Waals surface area contributed by atoms with Crippen molar-refractivity contribution in [1.29, 1.82) is 0 Å². The summed E-state index contributed by atoms with van der Waals surface area (Å²) in [7, 11) is 0. The molecule has 7 heteroatoms. The molecule has 3 aliphatic rings. The van der Waals surface area contributed by atoms with Crippen molar-refractivity contribution in [3.8, 4) is 0 Å². The van der Waals surface area contributed by atoms with Gasteiger partial charge in [-0.2, -0.15) is 0 Å². The minimum absolute atomic E-state index is 0. The minimum Gasteiger partial charge on any atom is -0.371 e. The highest BCUT2D eigenvalue weighted by Gasteiger charge is 2.32. The van der Waals surface area contributed by atoms with Crippen LogP contribution in [0.3, 0.4) is 0 Å². The monoisotopic (exact) mass is 553 g/mol. The van der Waals surface area contributed by atoms with E-state index < -0.39 is 0 Å². The molecule has 6 nitrogen and oxygen atoms in total. The van der Waals surface area contributed by atoms with Crippen molar-refractivity contribution >= 4 is 41.5 Å². The molecule has 4 rings (SSSR count). The van der Waals surface area contributed by atoms with Gasteiger partial charge < -0.3 is 20.4 Å². The fourth-order valence-corrected chi connectivity index (χ4v) is 5.27. The van der Waals surface area contributed by atoms with E-state index in [9.17, 15) is 4.79 Å². The number of hydrogen-bond donors (Lipinski definition) is 2. The van der Waals surface area contributed by atoms with Crippen molar-refractivity contribution < 1.29 is 4.79 Å². The number of anilines is 1. The van der Waals surface area contributed by atoms with E-state index in [2.05, 4.69) is 57.7 Å². The summed E-state index contributed by atoms with van der Waals surface area (Å²) in [6.07, 6.45) is 8.08. The van der Waals surface area contributed by atoms with Crippen LogP contribution >= 0.6 is 24.0 Å². The van der Waals surface area contributed by atoms with Crippen LogP contribution < -0.4 is 15.5 Å². The third-order valence-electron chi connectivity index (χ3n) is 7.05. The highest BCUT2D eigenvalue weighted by molar-refractivity contribution is 14.0. The Morgan fingerprint density at radius 3 is 2.56 bits per heavy atom. The SMILES string of the molecule is CCNC(=NCC1CCN(c2ccccc2)C1)NC1CCN(C(=O)C2CCCCC2)C1.I. The summed E-state index contributed by atoms with van der Waals surface area (Å²) in [6, 6.07) is 11.0. The van der Waals surface area contributed by atoms with Gasteiger partial charge >= 0.3 is 0 Å². The van der Waals surface area contributed by atoms with Gasteiger partial charge in [0, 0.05) is 56.9 Å². The molecule has 1 aliphatic carbocycles. The lowest BCUT2D eigenvalue weighted by Crippen LogP contribution is -2.45. The lowest BCUT2D eigenvalue weighted by molar-refractivity contribution is -0.135. The molecule has 1 aromatic rings. The molecule has 2 unspecified atom stereocenters. The number of para-hydroxylation sites is 1. The molecule has 32 heavy (non-hydrogen) atoms. The summed E-state index contributed by atoms with van der Waals surface area (Å²) in [6.45, 7) is 7.67. The lowest BCUT2D eigenvalue weighted by Gasteiger charge is -2.26. The molecular weight excluding hydrogens is 513 g/mol. The third-order valence-corrected chi connectivity index (χ3v) is 7.05. The molecule has 0 radical (unpaired) electrons. The average Bonchev–Trinajstić information content (AvgIpc) is 3.48. The van der Waals surface area contributed by atoms with Crippen molar-refractivity contribution in [3.05, 3.63) is 30.3 Å². The number of rotatable bonds is 6. The minimum atomic E-state index is 0. The van der Waals surface area contributed by atoms with Gasteiger partial charge in [-0.1, -0.05) is 37.5 Å². The Labute approximate surface area is 210 Å². The molecular formula is C25H40IN5O. The van der Waals surface area contributed by atoms with Gasteiger partial charge in [0.1, 0.15) is 0 Å². The Kier molecular flexibility index (Phi) is 9.93. The predicted molar refractivity (Wildman–Crippen MR) is 143 cm³/mol. The fraction of sp³-hybridized carbons (Fsp3) is 0.680. The van der Waals surface area contributed by atoms with Crippen LogP contribution in [0.4, 0.5) is 5.69 Å². The first-order valence-electron chi connectivity index (χ1n) is 12.4. The molecule has 2 saturated heterocycles. The van der Waals surface area contributed by atoms with Crippen LogP contribution in [0, 0.1) is 11.8 Å². The number of amides is 1. The second-order valence-corrected chi connectivity index (χ2v) is 9.41. The number of carbonyl (C=O) groups is 1. The summed E-state index contributed by atoms with van der Waals surface area (Å²) in [5, 5.41) is 7.01. The highest BCUT2D eigenvalue weighted by Crippen LogP contribution is 2.27. The largest absolute Gasteiger partial charge is 0.371 e. The third kappa shape index (κ3) is 6.75. The number of carbonyl (C=O) groups excluding carboxylic acids is 1. The first-order chi connectivity index (χ1) is 15.2. The zero-order chi connectivity index (χ0) is 21.5. The Bertz CT molecular complexity index is 737. The lowest BCUT2D eigenvalue weighted by atomic mass is 9.88. The average molecular weight is 554 g/mol. The molecule has 2 atom stereocenters. The summed E-state index contributed by atoms with van der Waals surface area (Å²) in [4.78, 5) is 22.3. The molecule has 2 heterocycles. The van der Waals surface area contributed by atoms with Crippen LogP contribution in [0.1, 0.15) is 51.9 Å². The van der Waals surface area contributed by atoms with Gasteiger partial charge in [-0.05, 0) is 50.7 Å². The van der Waals surface area contributed by atoms with Gasteiger partial charge in [-0.3, -0.25) is 9.79 Å². The standard InChI is InChI=1S/C25H39N5O.HI/c1-2-26-25(27-17-20-13-15-29(18-20)23-11-7-4-8-12-23)28-22-14-16-30(19-22)24(31)21-9-5-3-6-10-21;/h4,7-8,11-12,20-22H,2-3,5-6,9-10,13-19H2,1H3,(H2,26,27,28);1H. The summed E-state index contributed by atoms with van der Waals surface area (Å²) >= 11 is 0. The van der Waals surface area contributed by atoms with Crippen LogP contribution in [0.15, 0.2) is 35.3 Å². The van der Waals surface area contributed by atoms with Crippen LogP contribution in [-0.2, 0) is 4.79 Å². The highest BCUT2D eigenvalue weighted by atomic mass is 127. The molecule has 1 aromatic carbocycles. The number of halogens is 1. The number of guanidine groups is 1. The number of aliphatic imine (C=N–C) groups is 1. The Morgan fingerprint density at radius 1 is 1.03 bits per heavy atom. The zero-order valence-corrected chi connectivity index (χ0v) is 21.8. The van der Waals surface area contributed by atoms with Crippen molar-refractivity contribution in [3.63, 3.8) is 0 Å². The Hall–Kier alpha value is -1.51. The van der Waals surface area contributed by atoms with Crippen molar-refractivity contribution in [2.45, 2.75) is 57.9 Å². The molecule has 0 spiro atoms. The topological polar surface area (TPSA) is 60.0 Å². The second-order valence-electron chi connectivity index (χ2n) is 9.41. The second kappa shape index (κ2) is 12.7. The van der Waals surface area contributed by atoms with Crippen LogP contribution in [0.5, 0.6) is 0 Å². The van der Waals surface area contributed by atoms with E-state index in [1.165, 1.54) is 31.4 Å². The zero-order valence-electron chi connectivity index (χ0n) is 19.5. The van der Waals surface area contributed by atoms with Crippen molar-refractivity contribution in [2.75, 3.05) is 44.2 Å². The quantitative estimate of drug-likeness (QED) is 0.319. The number of benzene rings is 1. The van der Waals surface area contributed by atoms with E-state index in [0.717, 1.165) is 64.5 Å². The fourth-order valence-electron chi connectivity index (χ4n) is 5.27. The summed E-state index contributed by atoms with van der Waals surface area (Å²) < 4.78 is 0. The van der Waals surface area contributed by atoms with Crippen LogP contribution in [0.2, 0.25) is 0 Å². The van der Waals surface area contributed by atoms with Gasteiger partial charge in [0.05, 0.1) is 0 Å². The maximum absolute atomic E-state index is 12.9. The van der Waals surface area contributed by atoms with Gasteiger partial charge in [0.2, 0.25) is 5.91 Å². The number of nitrogens with zero attached hydrogens (tertiary/aromatic N) is 3. The maximum Gasteiger partial charge on any atom is 0.225 e.